The van der Waals surface area contributed by atoms with Gasteiger partial charge in [0.1, 0.15) is 5.83 Å². The second-order valence-corrected chi connectivity index (χ2v) is 12.5. The maximum absolute atomic E-state index is 13.9. The fourth-order valence-corrected chi connectivity index (χ4v) is 5.28. The fourth-order valence-electron chi connectivity index (χ4n) is 3.10. The SMILES string of the molecule is C/C=C(Cl)\C(CSCCNC(=O)[C@H]1CC[C@H](NS(=O)(=O)C(C)(C)C)CC1)=C(\F)CC. The second kappa shape index (κ2) is 12.5. The molecule has 2 N–H and O–H groups in total. The lowest BCUT2D eigenvalue weighted by Gasteiger charge is -2.30. The van der Waals surface area contributed by atoms with E-state index in [2.05, 4.69) is 10.0 Å². The van der Waals surface area contributed by atoms with Crippen molar-refractivity contribution in [3.05, 3.63) is 22.5 Å². The monoisotopic (exact) mass is 482 g/mol. The van der Waals surface area contributed by atoms with Crippen LogP contribution in [0.1, 0.15) is 66.7 Å². The van der Waals surface area contributed by atoms with Crippen LogP contribution in [0.15, 0.2) is 22.5 Å². The number of rotatable bonds is 10. The predicted molar refractivity (Wildman–Crippen MR) is 126 cm³/mol. The van der Waals surface area contributed by atoms with Crippen molar-refractivity contribution in [2.75, 3.05) is 18.1 Å². The van der Waals surface area contributed by atoms with Crippen molar-refractivity contribution in [3.8, 4) is 0 Å². The molecule has 1 fully saturated rings. The molecule has 0 saturated heterocycles. The van der Waals surface area contributed by atoms with Crippen LogP contribution in [0.3, 0.4) is 0 Å². The van der Waals surface area contributed by atoms with Crippen LogP contribution in [0, 0.1) is 5.92 Å². The summed E-state index contributed by atoms with van der Waals surface area (Å²) >= 11 is 7.62. The number of nitrogens with one attached hydrogen (secondary N) is 2. The van der Waals surface area contributed by atoms with E-state index in [0.717, 1.165) is 0 Å². The average Bonchev–Trinajstić information content (AvgIpc) is 2.68. The van der Waals surface area contributed by atoms with Crippen LogP contribution in [0.25, 0.3) is 0 Å². The van der Waals surface area contributed by atoms with E-state index in [1.54, 1.807) is 40.7 Å². The van der Waals surface area contributed by atoms with Crippen molar-refractivity contribution in [1.82, 2.24) is 10.0 Å². The molecule has 0 spiro atoms. The first kappa shape index (κ1) is 27.5. The molecule has 174 valence electrons. The number of carbonyl (C=O) groups is 1. The maximum atomic E-state index is 13.9. The van der Waals surface area contributed by atoms with Gasteiger partial charge in [0, 0.05) is 40.6 Å². The number of halogens is 2. The van der Waals surface area contributed by atoms with Gasteiger partial charge in [-0.3, -0.25) is 4.79 Å². The zero-order valence-electron chi connectivity index (χ0n) is 18.7. The standard InChI is InChI=1S/C21H36ClFN2O3S2/c1-6-18(22)17(19(23)7-2)14-29-13-12-24-20(26)15-8-10-16(11-9-15)25-30(27,28)21(3,4)5/h6,15-16,25H,7-14H2,1-5H3,(H,24,26)/b18-6+,19-17+/t15-,16-. The van der Waals surface area contributed by atoms with Gasteiger partial charge in [0.15, 0.2) is 0 Å². The van der Waals surface area contributed by atoms with Crippen LogP contribution in [0.2, 0.25) is 0 Å². The third-order valence-electron chi connectivity index (χ3n) is 5.20. The third kappa shape index (κ3) is 8.52. The highest BCUT2D eigenvalue weighted by molar-refractivity contribution is 7.99. The Morgan fingerprint density at radius 1 is 1.23 bits per heavy atom. The molecule has 1 aliphatic rings. The summed E-state index contributed by atoms with van der Waals surface area (Å²) in [4.78, 5) is 12.4. The van der Waals surface area contributed by atoms with E-state index >= 15 is 0 Å². The van der Waals surface area contributed by atoms with Gasteiger partial charge < -0.3 is 5.32 Å². The number of hydrogen-bond donors (Lipinski definition) is 2. The lowest BCUT2D eigenvalue weighted by atomic mass is 9.86. The van der Waals surface area contributed by atoms with E-state index < -0.39 is 14.8 Å². The number of amides is 1. The van der Waals surface area contributed by atoms with Crippen LogP contribution in [0.5, 0.6) is 0 Å². The molecule has 0 aliphatic heterocycles. The van der Waals surface area contributed by atoms with E-state index in [4.69, 9.17) is 11.6 Å². The van der Waals surface area contributed by atoms with Crippen molar-refractivity contribution >= 4 is 39.3 Å². The van der Waals surface area contributed by atoms with Crippen molar-refractivity contribution in [2.45, 2.75) is 77.5 Å². The molecule has 0 aromatic heterocycles. The molecule has 1 saturated carbocycles. The minimum Gasteiger partial charge on any atom is -0.355 e. The number of thioether (sulfide) groups is 1. The summed E-state index contributed by atoms with van der Waals surface area (Å²) in [6.07, 6.45) is 4.66. The Morgan fingerprint density at radius 3 is 2.33 bits per heavy atom. The molecule has 0 bridgehead atoms. The maximum Gasteiger partial charge on any atom is 0.223 e. The van der Waals surface area contributed by atoms with Gasteiger partial charge in [0.2, 0.25) is 15.9 Å². The zero-order chi connectivity index (χ0) is 22.9. The van der Waals surface area contributed by atoms with Gasteiger partial charge in [-0.15, -0.1) is 0 Å². The number of allylic oxidation sites excluding steroid dienone is 3. The summed E-state index contributed by atoms with van der Waals surface area (Å²) in [5.41, 5.74) is 0.522. The number of hydrogen-bond acceptors (Lipinski definition) is 4. The smallest absolute Gasteiger partial charge is 0.223 e. The van der Waals surface area contributed by atoms with E-state index in [1.807, 2.05) is 0 Å². The molecule has 0 radical (unpaired) electrons. The molecule has 0 aromatic rings. The Kier molecular flexibility index (Phi) is 11.4. The summed E-state index contributed by atoms with van der Waals surface area (Å²) in [5.74, 6) is 0.859. The molecule has 1 rings (SSSR count). The normalized spacial score (nSPS) is 21.9. The largest absolute Gasteiger partial charge is 0.355 e. The van der Waals surface area contributed by atoms with Crippen LogP contribution in [-0.4, -0.2) is 43.2 Å². The van der Waals surface area contributed by atoms with Gasteiger partial charge in [0.05, 0.1) is 4.75 Å². The summed E-state index contributed by atoms with van der Waals surface area (Å²) in [6, 6.07) is -0.108. The highest BCUT2D eigenvalue weighted by Crippen LogP contribution is 2.27. The minimum absolute atomic E-state index is 0.00900. The molecule has 1 amide bonds. The van der Waals surface area contributed by atoms with Crippen LogP contribution >= 0.6 is 23.4 Å². The molecule has 5 nitrogen and oxygen atoms in total. The molecule has 0 heterocycles. The molecule has 1 aliphatic carbocycles. The molecule has 0 unspecified atom stereocenters. The summed E-state index contributed by atoms with van der Waals surface area (Å²) in [5, 5.41) is 3.38. The summed E-state index contributed by atoms with van der Waals surface area (Å²) in [6.45, 7) is 9.06. The summed E-state index contributed by atoms with van der Waals surface area (Å²) < 4.78 is 40.4. The Balaban J connectivity index is 2.36. The quantitative estimate of drug-likeness (QED) is 0.343. The van der Waals surface area contributed by atoms with Crippen molar-refractivity contribution in [2.24, 2.45) is 5.92 Å². The van der Waals surface area contributed by atoms with Gasteiger partial charge in [-0.05, 0) is 59.8 Å². The lowest BCUT2D eigenvalue weighted by Crippen LogP contribution is -2.46. The van der Waals surface area contributed by atoms with Gasteiger partial charge >= 0.3 is 0 Å². The van der Waals surface area contributed by atoms with Crippen molar-refractivity contribution in [3.63, 3.8) is 0 Å². The topological polar surface area (TPSA) is 75.3 Å². The van der Waals surface area contributed by atoms with E-state index in [-0.39, 0.29) is 23.7 Å². The predicted octanol–water partition coefficient (Wildman–Crippen LogP) is 4.89. The fraction of sp³-hybridized carbons (Fsp3) is 0.762. The molecule has 0 aromatic carbocycles. The Labute approximate surface area is 190 Å². The lowest BCUT2D eigenvalue weighted by molar-refractivity contribution is -0.125. The van der Waals surface area contributed by atoms with E-state index in [9.17, 15) is 17.6 Å². The Hall–Kier alpha value is -0.570. The third-order valence-corrected chi connectivity index (χ3v) is 8.89. The highest BCUT2D eigenvalue weighted by Gasteiger charge is 2.33. The summed E-state index contributed by atoms with van der Waals surface area (Å²) in [7, 11) is -3.38. The van der Waals surface area contributed by atoms with Gasteiger partial charge in [-0.1, -0.05) is 24.6 Å². The number of sulfonamides is 1. The Bertz CT molecular complexity index is 738. The van der Waals surface area contributed by atoms with E-state index in [1.165, 1.54) is 11.8 Å². The first-order valence-corrected chi connectivity index (χ1v) is 13.5. The molecule has 9 heteroatoms. The molecule has 30 heavy (non-hydrogen) atoms. The minimum atomic E-state index is -3.38. The van der Waals surface area contributed by atoms with Crippen molar-refractivity contribution in [1.29, 1.82) is 0 Å². The first-order chi connectivity index (χ1) is 13.9. The van der Waals surface area contributed by atoms with Crippen LogP contribution < -0.4 is 10.0 Å². The molecule has 0 atom stereocenters. The number of carbonyl (C=O) groups excluding carboxylic acids is 1. The highest BCUT2D eigenvalue weighted by atomic mass is 35.5. The first-order valence-electron chi connectivity index (χ1n) is 10.5. The van der Waals surface area contributed by atoms with Crippen LogP contribution in [-0.2, 0) is 14.8 Å². The van der Waals surface area contributed by atoms with Gasteiger partial charge in [-0.25, -0.2) is 17.5 Å². The van der Waals surface area contributed by atoms with Gasteiger partial charge in [0.25, 0.3) is 0 Å². The average molecular weight is 483 g/mol. The molecular weight excluding hydrogens is 447 g/mol. The van der Waals surface area contributed by atoms with Crippen LogP contribution in [0.4, 0.5) is 4.39 Å². The molecular formula is C21H36ClFN2O3S2. The zero-order valence-corrected chi connectivity index (χ0v) is 21.1. The van der Waals surface area contributed by atoms with Gasteiger partial charge in [-0.2, -0.15) is 11.8 Å². The second-order valence-electron chi connectivity index (χ2n) is 8.50. The Morgan fingerprint density at radius 2 is 1.83 bits per heavy atom. The van der Waals surface area contributed by atoms with E-state index in [0.29, 0.717) is 60.8 Å². The van der Waals surface area contributed by atoms with Crippen molar-refractivity contribution < 1.29 is 17.6 Å².